The van der Waals surface area contributed by atoms with Crippen molar-refractivity contribution < 1.29 is 9.47 Å². The molecule has 0 atom stereocenters. The van der Waals surface area contributed by atoms with Crippen LogP contribution in [0, 0.1) is 5.92 Å². The minimum absolute atomic E-state index is 0.574. The number of hydrogen-bond donors (Lipinski definition) is 1. The molecule has 1 fully saturated rings. The predicted octanol–water partition coefficient (Wildman–Crippen LogP) is 2.91. The third-order valence-corrected chi connectivity index (χ3v) is 3.91. The van der Waals surface area contributed by atoms with Gasteiger partial charge in [-0.05, 0) is 62.0 Å². The van der Waals surface area contributed by atoms with Crippen LogP contribution in [0.4, 0.5) is 0 Å². The Balaban J connectivity index is 1.95. The molecule has 1 heterocycles. The first-order valence-electron chi connectivity index (χ1n) is 6.90. The van der Waals surface area contributed by atoms with E-state index in [-0.39, 0.29) is 0 Å². The average molecular weight is 284 g/mol. The number of ether oxygens (including phenoxy) is 2. The Bertz CT molecular complexity index is 392. The molecular weight excluding hydrogens is 262 g/mol. The fourth-order valence-corrected chi connectivity index (χ4v) is 2.63. The molecule has 0 aliphatic carbocycles. The lowest BCUT2D eigenvalue weighted by molar-refractivity contribution is 0.146. The molecule has 0 bridgehead atoms. The summed E-state index contributed by atoms with van der Waals surface area (Å²) in [5, 5.41) is 4.23. The summed E-state index contributed by atoms with van der Waals surface area (Å²) in [5.74, 6) is 1.61. The number of rotatable bonds is 6. The van der Waals surface area contributed by atoms with E-state index < -0.39 is 0 Å². The molecule has 3 nitrogen and oxygen atoms in total. The van der Waals surface area contributed by atoms with Gasteiger partial charge in [-0.2, -0.15) is 0 Å². The first-order valence-corrected chi connectivity index (χ1v) is 7.28. The van der Waals surface area contributed by atoms with E-state index in [1.165, 1.54) is 18.4 Å². The minimum atomic E-state index is 0.574. The van der Waals surface area contributed by atoms with Crippen molar-refractivity contribution in [2.75, 3.05) is 33.4 Å². The number of halogens is 1. The van der Waals surface area contributed by atoms with Gasteiger partial charge < -0.3 is 14.8 Å². The van der Waals surface area contributed by atoms with Gasteiger partial charge in [0.2, 0.25) is 0 Å². The molecule has 1 aromatic carbocycles. The van der Waals surface area contributed by atoms with Crippen LogP contribution in [0.15, 0.2) is 18.2 Å². The number of nitrogens with one attached hydrogen (secondary N) is 1. The van der Waals surface area contributed by atoms with Gasteiger partial charge in [-0.25, -0.2) is 0 Å². The maximum atomic E-state index is 6.28. The van der Waals surface area contributed by atoms with Gasteiger partial charge in [0.15, 0.2) is 0 Å². The second-order valence-corrected chi connectivity index (χ2v) is 5.40. The highest BCUT2D eigenvalue weighted by Gasteiger charge is 2.15. The van der Waals surface area contributed by atoms with Crippen LogP contribution in [-0.4, -0.2) is 33.4 Å². The zero-order chi connectivity index (χ0) is 13.5. The standard InChI is InChI=1S/C15H22ClNO2/c1-18-8-9-19-14-2-3-15(16)13(11-14)10-12-4-6-17-7-5-12/h2-3,11-12,17H,4-10H2,1H3. The highest BCUT2D eigenvalue weighted by atomic mass is 35.5. The van der Waals surface area contributed by atoms with Crippen LogP contribution in [-0.2, 0) is 11.2 Å². The maximum absolute atomic E-state index is 6.28. The topological polar surface area (TPSA) is 30.5 Å². The van der Waals surface area contributed by atoms with Crippen LogP contribution in [0.2, 0.25) is 5.02 Å². The molecule has 0 aromatic heterocycles. The van der Waals surface area contributed by atoms with Crippen molar-refractivity contribution in [1.82, 2.24) is 5.32 Å². The molecule has 4 heteroatoms. The van der Waals surface area contributed by atoms with Crippen molar-refractivity contribution in [1.29, 1.82) is 0 Å². The molecule has 2 rings (SSSR count). The van der Waals surface area contributed by atoms with Gasteiger partial charge in [-0.1, -0.05) is 11.6 Å². The van der Waals surface area contributed by atoms with Crippen molar-refractivity contribution in [3.05, 3.63) is 28.8 Å². The Morgan fingerprint density at radius 3 is 2.79 bits per heavy atom. The Kier molecular flexibility index (Phi) is 5.95. The predicted molar refractivity (Wildman–Crippen MR) is 78.1 cm³/mol. The Hall–Kier alpha value is -0.770. The molecule has 1 N–H and O–H groups in total. The molecule has 0 unspecified atom stereocenters. The van der Waals surface area contributed by atoms with Crippen molar-refractivity contribution in [3.63, 3.8) is 0 Å². The molecule has 0 saturated carbocycles. The van der Waals surface area contributed by atoms with Gasteiger partial charge in [0.05, 0.1) is 6.61 Å². The van der Waals surface area contributed by atoms with Crippen LogP contribution in [0.1, 0.15) is 18.4 Å². The third-order valence-electron chi connectivity index (χ3n) is 3.54. The van der Waals surface area contributed by atoms with Crippen LogP contribution < -0.4 is 10.1 Å². The lowest BCUT2D eigenvalue weighted by Gasteiger charge is -2.23. The van der Waals surface area contributed by atoms with E-state index in [1.54, 1.807) is 7.11 Å². The summed E-state index contributed by atoms with van der Waals surface area (Å²) >= 11 is 6.28. The molecule has 1 aliphatic heterocycles. The second kappa shape index (κ2) is 7.73. The molecule has 1 saturated heterocycles. The zero-order valence-electron chi connectivity index (χ0n) is 11.5. The van der Waals surface area contributed by atoms with Crippen molar-refractivity contribution in [2.45, 2.75) is 19.3 Å². The summed E-state index contributed by atoms with van der Waals surface area (Å²) in [5.41, 5.74) is 1.20. The highest BCUT2D eigenvalue weighted by molar-refractivity contribution is 6.31. The molecule has 1 aliphatic rings. The smallest absolute Gasteiger partial charge is 0.119 e. The van der Waals surface area contributed by atoms with E-state index in [9.17, 15) is 0 Å². The summed E-state index contributed by atoms with van der Waals surface area (Å²) in [7, 11) is 1.67. The molecule has 106 valence electrons. The monoisotopic (exact) mass is 283 g/mol. The van der Waals surface area contributed by atoms with Gasteiger partial charge in [0.1, 0.15) is 12.4 Å². The Morgan fingerprint density at radius 1 is 1.26 bits per heavy atom. The van der Waals surface area contributed by atoms with Crippen LogP contribution in [0.25, 0.3) is 0 Å². The molecule has 0 spiro atoms. The van der Waals surface area contributed by atoms with Crippen LogP contribution in [0.3, 0.4) is 0 Å². The van der Waals surface area contributed by atoms with Crippen molar-refractivity contribution >= 4 is 11.6 Å². The summed E-state index contributed by atoms with van der Waals surface area (Å²) in [6, 6.07) is 5.92. The maximum Gasteiger partial charge on any atom is 0.119 e. The van der Waals surface area contributed by atoms with Crippen molar-refractivity contribution in [2.24, 2.45) is 5.92 Å². The first kappa shape index (κ1) is 14.6. The normalized spacial score (nSPS) is 16.5. The molecular formula is C15H22ClNO2. The number of piperidine rings is 1. The molecule has 1 aromatic rings. The van der Waals surface area contributed by atoms with E-state index in [4.69, 9.17) is 21.1 Å². The lowest BCUT2D eigenvalue weighted by atomic mass is 9.91. The summed E-state index contributed by atoms with van der Waals surface area (Å²) in [6.07, 6.45) is 3.50. The van der Waals surface area contributed by atoms with Gasteiger partial charge in [-0.3, -0.25) is 0 Å². The lowest BCUT2D eigenvalue weighted by Crippen LogP contribution is -2.28. The largest absolute Gasteiger partial charge is 0.491 e. The van der Waals surface area contributed by atoms with E-state index in [0.29, 0.717) is 13.2 Å². The van der Waals surface area contributed by atoms with E-state index in [1.807, 2.05) is 12.1 Å². The van der Waals surface area contributed by atoms with Crippen molar-refractivity contribution in [3.8, 4) is 5.75 Å². The van der Waals surface area contributed by atoms with E-state index in [2.05, 4.69) is 11.4 Å². The van der Waals surface area contributed by atoms with Gasteiger partial charge in [0.25, 0.3) is 0 Å². The van der Waals surface area contributed by atoms with Crippen LogP contribution >= 0.6 is 11.6 Å². The SMILES string of the molecule is COCCOc1ccc(Cl)c(CC2CCNCC2)c1. The first-order chi connectivity index (χ1) is 9.29. The number of benzene rings is 1. The summed E-state index contributed by atoms with van der Waals surface area (Å²) < 4.78 is 10.6. The third kappa shape index (κ3) is 4.68. The van der Waals surface area contributed by atoms with E-state index in [0.717, 1.165) is 36.2 Å². The highest BCUT2D eigenvalue weighted by Crippen LogP contribution is 2.27. The summed E-state index contributed by atoms with van der Waals surface area (Å²) in [4.78, 5) is 0. The molecule has 0 radical (unpaired) electrons. The fraction of sp³-hybridized carbons (Fsp3) is 0.600. The Morgan fingerprint density at radius 2 is 2.05 bits per heavy atom. The number of hydrogen-bond acceptors (Lipinski definition) is 3. The van der Waals surface area contributed by atoms with Gasteiger partial charge in [0, 0.05) is 12.1 Å². The minimum Gasteiger partial charge on any atom is -0.491 e. The van der Waals surface area contributed by atoms with E-state index >= 15 is 0 Å². The number of methoxy groups -OCH3 is 1. The van der Waals surface area contributed by atoms with Gasteiger partial charge in [-0.15, -0.1) is 0 Å². The quantitative estimate of drug-likeness (QED) is 0.815. The zero-order valence-corrected chi connectivity index (χ0v) is 12.2. The van der Waals surface area contributed by atoms with Gasteiger partial charge >= 0.3 is 0 Å². The second-order valence-electron chi connectivity index (χ2n) is 4.99. The summed E-state index contributed by atoms with van der Waals surface area (Å²) in [6.45, 7) is 3.41. The fourth-order valence-electron chi connectivity index (χ4n) is 2.44. The Labute approximate surface area is 120 Å². The van der Waals surface area contributed by atoms with Crippen LogP contribution in [0.5, 0.6) is 5.75 Å². The molecule has 0 amide bonds. The molecule has 19 heavy (non-hydrogen) atoms. The average Bonchev–Trinajstić information content (AvgIpc) is 2.44.